The molecule has 0 atom stereocenters. The third kappa shape index (κ3) is 3.97. The number of pyridine rings is 1. The molecule has 0 aliphatic carbocycles. The van der Waals surface area contributed by atoms with E-state index in [2.05, 4.69) is 20.9 Å². The Morgan fingerprint density at radius 1 is 1.47 bits per heavy atom. The van der Waals surface area contributed by atoms with E-state index in [4.69, 9.17) is 9.47 Å². The minimum atomic E-state index is 0.00550. The van der Waals surface area contributed by atoms with Crippen LogP contribution in [-0.2, 0) is 4.74 Å². The summed E-state index contributed by atoms with van der Waals surface area (Å²) in [5.41, 5.74) is 0.575. The summed E-state index contributed by atoms with van der Waals surface area (Å²) in [5, 5.41) is 0.304. The lowest BCUT2D eigenvalue weighted by molar-refractivity contribution is 0.102. The SMILES string of the molecule is COCCOc1ccc(C(=O)CBr)cn1. The Labute approximate surface area is 96.7 Å². The van der Waals surface area contributed by atoms with Crippen molar-refractivity contribution in [1.29, 1.82) is 0 Å². The van der Waals surface area contributed by atoms with Crippen molar-refractivity contribution in [2.45, 2.75) is 0 Å². The number of halogens is 1. The zero-order valence-electron chi connectivity index (χ0n) is 8.40. The van der Waals surface area contributed by atoms with Gasteiger partial charge in [-0.3, -0.25) is 4.79 Å². The highest BCUT2D eigenvalue weighted by molar-refractivity contribution is 9.09. The Morgan fingerprint density at radius 2 is 2.27 bits per heavy atom. The summed E-state index contributed by atoms with van der Waals surface area (Å²) in [4.78, 5) is 15.2. The first-order valence-corrected chi connectivity index (χ1v) is 5.57. The van der Waals surface area contributed by atoms with Crippen LogP contribution in [0.3, 0.4) is 0 Å². The monoisotopic (exact) mass is 273 g/mol. The van der Waals surface area contributed by atoms with Crippen LogP contribution in [0.5, 0.6) is 5.88 Å². The number of carbonyl (C=O) groups excluding carboxylic acids is 1. The molecule has 0 spiro atoms. The number of carbonyl (C=O) groups is 1. The molecular formula is C10H12BrNO3. The first-order chi connectivity index (χ1) is 7.27. The number of methoxy groups -OCH3 is 1. The Bertz CT molecular complexity index is 313. The molecular weight excluding hydrogens is 262 g/mol. The van der Waals surface area contributed by atoms with E-state index in [9.17, 15) is 4.79 Å². The highest BCUT2D eigenvalue weighted by Crippen LogP contribution is 2.08. The van der Waals surface area contributed by atoms with Gasteiger partial charge in [0.05, 0.1) is 11.9 Å². The van der Waals surface area contributed by atoms with Gasteiger partial charge in [0.2, 0.25) is 5.88 Å². The van der Waals surface area contributed by atoms with Crippen molar-refractivity contribution in [3.8, 4) is 5.88 Å². The lowest BCUT2D eigenvalue weighted by Gasteiger charge is -2.04. The number of nitrogens with zero attached hydrogens (tertiary/aromatic N) is 1. The molecule has 0 aromatic carbocycles. The molecule has 0 aliphatic heterocycles. The van der Waals surface area contributed by atoms with E-state index in [1.807, 2.05) is 0 Å². The van der Waals surface area contributed by atoms with Crippen molar-refractivity contribution >= 4 is 21.7 Å². The van der Waals surface area contributed by atoms with Crippen LogP contribution >= 0.6 is 15.9 Å². The third-order valence-electron chi connectivity index (χ3n) is 1.72. The Morgan fingerprint density at radius 3 is 2.80 bits per heavy atom. The van der Waals surface area contributed by atoms with Gasteiger partial charge in [-0.25, -0.2) is 4.98 Å². The van der Waals surface area contributed by atoms with Gasteiger partial charge in [-0.05, 0) is 6.07 Å². The first kappa shape index (κ1) is 12.1. The van der Waals surface area contributed by atoms with Gasteiger partial charge in [-0.1, -0.05) is 15.9 Å². The largest absolute Gasteiger partial charge is 0.475 e. The van der Waals surface area contributed by atoms with Gasteiger partial charge in [-0.15, -0.1) is 0 Å². The van der Waals surface area contributed by atoms with Crippen LogP contribution in [0.25, 0.3) is 0 Å². The van der Waals surface area contributed by atoms with Crippen LogP contribution in [0.4, 0.5) is 0 Å². The number of aromatic nitrogens is 1. The molecule has 0 radical (unpaired) electrons. The summed E-state index contributed by atoms with van der Waals surface area (Å²) in [6.07, 6.45) is 1.51. The second kappa shape index (κ2) is 6.53. The maximum Gasteiger partial charge on any atom is 0.213 e. The average molecular weight is 274 g/mol. The van der Waals surface area contributed by atoms with Crippen molar-refractivity contribution < 1.29 is 14.3 Å². The molecule has 0 bridgehead atoms. The van der Waals surface area contributed by atoms with Crippen LogP contribution in [0.2, 0.25) is 0 Å². The summed E-state index contributed by atoms with van der Waals surface area (Å²) >= 11 is 3.10. The minimum absolute atomic E-state index is 0.00550. The van der Waals surface area contributed by atoms with Crippen molar-refractivity contribution in [2.24, 2.45) is 0 Å². The predicted octanol–water partition coefficient (Wildman–Crippen LogP) is 1.68. The fraction of sp³-hybridized carbons (Fsp3) is 0.400. The third-order valence-corrected chi connectivity index (χ3v) is 2.23. The van der Waals surface area contributed by atoms with Crippen molar-refractivity contribution in [3.63, 3.8) is 0 Å². The van der Waals surface area contributed by atoms with E-state index in [-0.39, 0.29) is 5.78 Å². The molecule has 15 heavy (non-hydrogen) atoms. The van der Waals surface area contributed by atoms with Gasteiger partial charge in [0, 0.05) is 24.9 Å². The van der Waals surface area contributed by atoms with Gasteiger partial charge in [0.15, 0.2) is 5.78 Å². The number of alkyl halides is 1. The number of hydrogen-bond donors (Lipinski definition) is 0. The Balaban J connectivity index is 2.52. The van der Waals surface area contributed by atoms with Crippen LogP contribution in [-0.4, -0.2) is 36.4 Å². The van der Waals surface area contributed by atoms with E-state index < -0.39 is 0 Å². The zero-order valence-corrected chi connectivity index (χ0v) is 9.99. The van der Waals surface area contributed by atoms with E-state index in [0.29, 0.717) is 30.0 Å². The van der Waals surface area contributed by atoms with Gasteiger partial charge in [0.1, 0.15) is 6.61 Å². The molecule has 1 rings (SSSR count). The van der Waals surface area contributed by atoms with Crippen molar-refractivity contribution in [2.75, 3.05) is 25.7 Å². The molecule has 1 heterocycles. The maximum absolute atomic E-state index is 11.2. The van der Waals surface area contributed by atoms with Gasteiger partial charge >= 0.3 is 0 Å². The number of ether oxygens (including phenoxy) is 2. The summed E-state index contributed by atoms with van der Waals surface area (Å²) in [7, 11) is 1.61. The standard InChI is InChI=1S/C10H12BrNO3/c1-14-4-5-15-10-3-2-8(7-12-10)9(13)6-11/h2-3,7H,4-6H2,1H3. The summed E-state index contributed by atoms with van der Waals surface area (Å²) in [6.45, 7) is 0.971. The molecule has 0 N–H and O–H groups in total. The van der Waals surface area contributed by atoms with E-state index >= 15 is 0 Å². The molecule has 5 heteroatoms. The molecule has 0 unspecified atom stereocenters. The van der Waals surface area contributed by atoms with E-state index in [0.717, 1.165) is 0 Å². The van der Waals surface area contributed by atoms with Crippen LogP contribution in [0.1, 0.15) is 10.4 Å². The zero-order chi connectivity index (χ0) is 11.1. The molecule has 1 aromatic rings. The number of ketones is 1. The molecule has 0 aliphatic rings. The Kier molecular flexibility index (Phi) is 5.28. The molecule has 82 valence electrons. The molecule has 0 amide bonds. The molecule has 0 saturated heterocycles. The van der Waals surface area contributed by atoms with Gasteiger partial charge in [-0.2, -0.15) is 0 Å². The van der Waals surface area contributed by atoms with Crippen molar-refractivity contribution in [1.82, 2.24) is 4.98 Å². The first-order valence-electron chi connectivity index (χ1n) is 4.45. The highest BCUT2D eigenvalue weighted by atomic mass is 79.9. The van der Waals surface area contributed by atoms with Crippen LogP contribution < -0.4 is 4.74 Å². The summed E-state index contributed by atoms with van der Waals surface area (Å²) in [6, 6.07) is 3.37. The maximum atomic E-state index is 11.2. The molecule has 0 saturated carbocycles. The average Bonchev–Trinajstić information content (AvgIpc) is 2.29. The highest BCUT2D eigenvalue weighted by Gasteiger charge is 2.04. The quantitative estimate of drug-likeness (QED) is 0.450. The predicted molar refractivity (Wildman–Crippen MR) is 59.7 cm³/mol. The second-order valence-corrected chi connectivity index (χ2v) is 3.34. The topological polar surface area (TPSA) is 48.4 Å². The number of rotatable bonds is 6. The normalized spacial score (nSPS) is 10.0. The fourth-order valence-electron chi connectivity index (χ4n) is 0.937. The summed E-state index contributed by atoms with van der Waals surface area (Å²) < 4.78 is 10.1. The fourth-order valence-corrected chi connectivity index (χ4v) is 1.26. The van der Waals surface area contributed by atoms with E-state index in [1.54, 1.807) is 19.2 Å². The summed E-state index contributed by atoms with van der Waals surface area (Å²) in [5.74, 6) is 0.504. The second-order valence-electron chi connectivity index (χ2n) is 2.78. The lowest BCUT2D eigenvalue weighted by atomic mass is 10.2. The smallest absolute Gasteiger partial charge is 0.213 e. The van der Waals surface area contributed by atoms with Crippen molar-refractivity contribution in [3.05, 3.63) is 23.9 Å². The molecule has 4 nitrogen and oxygen atoms in total. The van der Waals surface area contributed by atoms with Crippen LogP contribution in [0.15, 0.2) is 18.3 Å². The van der Waals surface area contributed by atoms with E-state index in [1.165, 1.54) is 6.20 Å². The van der Waals surface area contributed by atoms with Crippen LogP contribution in [0, 0.1) is 0 Å². The molecule has 1 aromatic heterocycles. The minimum Gasteiger partial charge on any atom is -0.475 e. The molecule has 0 fully saturated rings. The lowest BCUT2D eigenvalue weighted by Crippen LogP contribution is -2.06. The van der Waals surface area contributed by atoms with Gasteiger partial charge in [0.25, 0.3) is 0 Å². The number of hydrogen-bond acceptors (Lipinski definition) is 4. The van der Waals surface area contributed by atoms with Gasteiger partial charge < -0.3 is 9.47 Å². The Hall–Kier alpha value is -0.940. The number of Topliss-reactive ketones (excluding diaryl/α,β-unsaturated/α-hetero) is 1.